The Balaban J connectivity index is 1.94. The minimum absolute atomic E-state index is 0.0578. The normalized spacial score (nSPS) is 16.6. The Labute approximate surface area is 107 Å². The summed E-state index contributed by atoms with van der Waals surface area (Å²) in [7, 11) is 0. The molecule has 1 amide bonds. The Morgan fingerprint density at radius 3 is 3.00 bits per heavy atom. The number of nitrogens with zero attached hydrogens (tertiary/aromatic N) is 1. The van der Waals surface area contributed by atoms with E-state index < -0.39 is 0 Å². The maximum absolute atomic E-state index is 11.9. The third kappa shape index (κ3) is 2.92. The molecule has 5 heteroatoms. The minimum Gasteiger partial charge on any atom is -0.335 e. The van der Waals surface area contributed by atoms with E-state index in [1.165, 1.54) is 0 Å². The van der Waals surface area contributed by atoms with Crippen molar-refractivity contribution in [2.24, 2.45) is 0 Å². The van der Waals surface area contributed by atoms with E-state index in [1.54, 1.807) is 16.2 Å². The summed E-state index contributed by atoms with van der Waals surface area (Å²) in [6, 6.07) is 1.95. The van der Waals surface area contributed by atoms with Crippen LogP contribution in [0.25, 0.3) is 0 Å². The number of likely N-dealkylation sites (tertiary alicyclic amines) is 1. The highest BCUT2D eigenvalue weighted by Crippen LogP contribution is 2.21. The summed E-state index contributed by atoms with van der Waals surface area (Å²) in [4.78, 5) is 25.8. The number of amides is 1. The number of hydrogen-bond acceptors (Lipinski definition) is 3. The van der Waals surface area contributed by atoms with Crippen LogP contribution >= 0.6 is 27.3 Å². The van der Waals surface area contributed by atoms with E-state index in [1.807, 2.05) is 11.4 Å². The summed E-state index contributed by atoms with van der Waals surface area (Å²) in [6.07, 6.45) is 1.83. The molecule has 0 unspecified atom stereocenters. The molecule has 3 nitrogen and oxygen atoms in total. The van der Waals surface area contributed by atoms with Gasteiger partial charge in [-0.25, -0.2) is 0 Å². The van der Waals surface area contributed by atoms with Gasteiger partial charge in [0.05, 0.1) is 13.0 Å². The molecule has 0 atom stereocenters. The van der Waals surface area contributed by atoms with Crippen molar-refractivity contribution in [1.82, 2.24) is 4.90 Å². The second-order valence-corrected chi connectivity index (χ2v) is 5.78. The fraction of sp³-hybridized carbons (Fsp3) is 0.455. The number of Topliss-reactive ketones (excluding diaryl/α,β-unsaturated/α-hetero) is 1. The van der Waals surface area contributed by atoms with Gasteiger partial charge in [-0.05, 0) is 28.4 Å². The Hall–Kier alpha value is -0.680. The van der Waals surface area contributed by atoms with Gasteiger partial charge in [0.1, 0.15) is 0 Å². The predicted molar refractivity (Wildman–Crippen MR) is 66.5 cm³/mol. The number of carbonyl (C=O) groups excluding carboxylic acids is 2. The second kappa shape index (κ2) is 5.10. The molecule has 0 radical (unpaired) electrons. The topological polar surface area (TPSA) is 37.4 Å². The lowest BCUT2D eigenvalue weighted by molar-refractivity contribution is -0.136. The smallest absolute Gasteiger partial charge is 0.228 e. The van der Waals surface area contributed by atoms with Crippen LogP contribution in [0.1, 0.15) is 17.7 Å². The van der Waals surface area contributed by atoms with E-state index in [-0.39, 0.29) is 11.7 Å². The quantitative estimate of drug-likeness (QED) is 0.840. The van der Waals surface area contributed by atoms with Gasteiger partial charge < -0.3 is 4.90 Å². The maximum Gasteiger partial charge on any atom is 0.228 e. The van der Waals surface area contributed by atoms with E-state index in [9.17, 15) is 9.59 Å². The van der Waals surface area contributed by atoms with Gasteiger partial charge in [-0.1, -0.05) is 0 Å². The second-order valence-electron chi connectivity index (χ2n) is 3.87. The number of halogens is 1. The number of rotatable bonds is 2. The number of carbonyl (C=O) groups is 2. The zero-order chi connectivity index (χ0) is 11.5. The molecule has 0 bridgehead atoms. The van der Waals surface area contributed by atoms with Crippen LogP contribution in [0.4, 0.5) is 0 Å². The monoisotopic (exact) mass is 301 g/mol. The lowest BCUT2D eigenvalue weighted by Gasteiger charge is -2.25. The number of piperidine rings is 1. The highest BCUT2D eigenvalue weighted by Gasteiger charge is 2.21. The average molecular weight is 302 g/mol. The molecule has 1 aromatic rings. The van der Waals surface area contributed by atoms with E-state index >= 15 is 0 Å². The fourth-order valence-electron chi connectivity index (χ4n) is 1.76. The van der Waals surface area contributed by atoms with E-state index in [2.05, 4.69) is 15.9 Å². The molecule has 0 aliphatic carbocycles. The number of thiophene rings is 1. The predicted octanol–water partition coefficient (Wildman–Crippen LogP) is 2.24. The number of hydrogen-bond donors (Lipinski definition) is 0. The molecular formula is C11H12BrNO2S. The van der Waals surface area contributed by atoms with Crippen LogP contribution in [0.15, 0.2) is 15.9 Å². The average Bonchev–Trinajstić information content (AvgIpc) is 2.64. The molecule has 86 valence electrons. The van der Waals surface area contributed by atoms with Crippen LogP contribution in [0.2, 0.25) is 0 Å². The molecule has 1 saturated heterocycles. The van der Waals surface area contributed by atoms with Crippen LogP contribution in [0.3, 0.4) is 0 Å². The molecule has 0 saturated carbocycles. The molecule has 1 aromatic heterocycles. The van der Waals surface area contributed by atoms with E-state index in [0.29, 0.717) is 19.4 Å². The standard InChI is InChI=1S/C11H12BrNO2S/c12-8-4-10(16-7-8)5-11(15)13-3-1-2-9(14)6-13/h4,7H,1-3,5-6H2. The molecule has 0 spiro atoms. The third-order valence-corrected chi connectivity index (χ3v) is 4.25. The zero-order valence-corrected chi connectivity index (χ0v) is 11.1. The first-order chi connectivity index (χ1) is 7.65. The van der Waals surface area contributed by atoms with Gasteiger partial charge in [0.25, 0.3) is 0 Å². The molecule has 1 aliphatic rings. The lowest BCUT2D eigenvalue weighted by Crippen LogP contribution is -2.40. The van der Waals surface area contributed by atoms with Crippen LogP contribution in [0, 0.1) is 0 Å². The van der Waals surface area contributed by atoms with Crippen molar-refractivity contribution in [3.05, 3.63) is 20.8 Å². The fourth-order valence-corrected chi connectivity index (χ4v) is 3.20. The van der Waals surface area contributed by atoms with Crippen molar-refractivity contribution in [3.63, 3.8) is 0 Å². The van der Waals surface area contributed by atoms with Crippen LogP contribution < -0.4 is 0 Å². The van der Waals surface area contributed by atoms with Gasteiger partial charge in [-0.3, -0.25) is 9.59 Å². The van der Waals surface area contributed by atoms with Crippen LogP contribution in [-0.4, -0.2) is 29.7 Å². The van der Waals surface area contributed by atoms with Gasteiger partial charge in [-0.2, -0.15) is 0 Å². The van der Waals surface area contributed by atoms with Gasteiger partial charge in [-0.15, -0.1) is 11.3 Å². The molecule has 16 heavy (non-hydrogen) atoms. The summed E-state index contributed by atoms with van der Waals surface area (Å²) in [5.74, 6) is 0.231. The first-order valence-electron chi connectivity index (χ1n) is 5.17. The Kier molecular flexibility index (Phi) is 3.76. The van der Waals surface area contributed by atoms with Gasteiger partial charge >= 0.3 is 0 Å². The van der Waals surface area contributed by atoms with Crippen LogP contribution in [0.5, 0.6) is 0 Å². The molecule has 1 aliphatic heterocycles. The minimum atomic E-state index is 0.0578. The van der Waals surface area contributed by atoms with Gasteiger partial charge in [0, 0.05) is 27.7 Å². The lowest BCUT2D eigenvalue weighted by atomic mass is 10.1. The maximum atomic E-state index is 11.9. The molecule has 2 heterocycles. The van der Waals surface area contributed by atoms with Crippen molar-refractivity contribution < 1.29 is 9.59 Å². The van der Waals surface area contributed by atoms with Gasteiger partial charge in [0.2, 0.25) is 5.91 Å². The van der Waals surface area contributed by atoms with Crippen molar-refractivity contribution in [3.8, 4) is 0 Å². The summed E-state index contributed by atoms with van der Waals surface area (Å²) in [5.41, 5.74) is 0. The van der Waals surface area contributed by atoms with E-state index in [4.69, 9.17) is 0 Å². The third-order valence-electron chi connectivity index (χ3n) is 2.55. The first-order valence-corrected chi connectivity index (χ1v) is 6.85. The highest BCUT2D eigenvalue weighted by molar-refractivity contribution is 9.10. The summed E-state index contributed by atoms with van der Waals surface area (Å²) in [6.45, 7) is 1.02. The molecule has 0 aromatic carbocycles. The Morgan fingerprint density at radius 2 is 2.38 bits per heavy atom. The SMILES string of the molecule is O=C1CCCN(C(=O)Cc2cc(Br)cs2)C1. The summed E-state index contributed by atoms with van der Waals surface area (Å²) in [5, 5.41) is 1.96. The Bertz CT molecular complexity index is 416. The zero-order valence-electron chi connectivity index (χ0n) is 8.74. The van der Waals surface area contributed by atoms with E-state index in [0.717, 1.165) is 22.3 Å². The molecular weight excluding hydrogens is 290 g/mol. The molecule has 2 rings (SSSR count). The Morgan fingerprint density at radius 1 is 1.56 bits per heavy atom. The van der Waals surface area contributed by atoms with Crippen molar-refractivity contribution in [2.45, 2.75) is 19.3 Å². The first kappa shape index (κ1) is 11.8. The summed E-state index contributed by atoms with van der Waals surface area (Å²) < 4.78 is 1.01. The summed E-state index contributed by atoms with van der Waals surface area (Å²) >= 11 is 4.92. The van der Waals surface area contributed by atoms with Crippen LogP contribution in [-0.2, 0) is 16.0 Å². The van der Waals surface area contributed by atoms with Gasteiger partial charge in [0.15, 0.2) is 5.78 Å². The van der Waals surface area contributed by atoms with Crippen molar-refractivity contribution in [1.29, 1.82) is 0 Å². The molecule has 1 fully saturated rings. The molecule has 0 N–H and O–H groups in total. The van der Waals surface area contributed by atoms with Crippen molar-refractivity contribution in [2.75, 3.05) is 13.1 Å². The largest absolute Gasteiger partial charge is 0.335 e. The highest BCUT2D eigenvalue weighted by atomic mass is 79.9. The number of ketones is 1. The van der Waals surface area contributed by atoms with Crippen molar-refractivity contribution >= 4 is 39.0 Å².